The van der Waals surface area contributed by atoms with Crippen LogP contribution in [0, 0.1) is 0 Å². The van der Waals surface area contributed by atoms with Crippen LogP contribution in [0.1, 0.15) is 11.1 Å². The van der Waals surface area contributed by atoms with Gasteiger partial charge in [0.1, 0.15) is 0 Å². The predicted molar refractivity (Wildman–Crippen MR) is 99.9 cm³/mol. The van der Waals surface area contributed by atoms with Crippen molar-refractivity contribution in [2.24, 2.45) is 7.05 Å². The van der Waals surface area contributed by atoms with Gasteiger partial charge in [0.15, 0.2) is 11.5 Å². The van der Waals surface area contributed by atoms with Crippen molar-refractivity contribution < 1.29 is 14.3 Å². The van der Waals surface area contributed by atoms with Gasteiger partial charge in [0.25, 0.3) is 0 Å². The number of carbonyl (C=O) groups is 1. The Morgan fingerprint density at radius 1 is 1.22 bits per heavy atom. The van der Waals surface area contributed by atoms with E-state index in [0.717, 1.165) is 28.1 Å². The summed E-state index contributed by atoms with van der Waals surface area (Å²) in [7, 11) is 1.87. The summed E-state index contributed by atoms with van der Waals surface area (Å²) in [6, 6.07) is 9.40. The number of carbonyl (C=O) groups excluding carboxylic acids is 1. The highest BCUT2D eigenvalue weighted by molar-refractivity contribution is 5.91. The molecule has 1 N–H and O–H groups in total. The van der Waals surface area contributed by atoms with Gasteiger partial charge in [0.2, 0.25) is 12.7 Å². The zero-order valence-corrected chi connectivity index (χ0v) is 14.8. The average Bonchev–Trinajstić information content (AvgIpc) is 3.33. The number of aryl methyl sites for hydroxylation is 1. The summed E-state index contributed by atoms with van der Waals surface area (Å²) in [6.07, 6.45) is 8.66. The number of nitrogens with zero attached hydrogens (tertiary/aromatic N) is 3. The summed E-state index contributed by atoms with van der Waals surface area (Å²) in [5.74, 6) is 1.24. The molecule has 0 spiro atoms. The molecule has 7 heteroatoms. The van der Waals surface area contributed by atoms with Crippen LogP contribution in [0.4, 0.5) is 0 Å². The number of ether oxygens (including phenoxy) is 2. The molecule has 3 aromatic rings. The van der Waals surface area contributed by atoms with Gasteiger partial charge in [-0.3, -0.25) is 14.5 Å². The minimum absolute atomic E-state index is 0.177. The number of benzene rings is 1. The predicted octanol–water partition coefficient (Wildman–Crippen LogP) is 2.54. The van der Waals surface area contributed by atoms with Crippen LogP contribution in [0.5, 0.6) is 11.5 Å². The lowest BCUT2D eigenvalue weighted by Crippen LogP contribution is -2.20. The van der Waals surface area contributed by atoms with Crippen LogP contribution in [0.15, 0.2) is 55.0 Å². The molecule has 0 unspecified atom stereocenters. The number of aromatic nitrogens is 3. The van der Waals surface area contributed by atoms with Crippen molar-refractivity contribution in [3.8, 4) is 22.8 Å². The van der Waals surface area contributed by atoms with E-state index >= 15 is 0 Å². The van der Waals surface area contributed by atoms with Crippen LogP contribution in [-0.4, -0.2) is 27.5 Å². The molecule has 7 nitrogen and oxygen atoms in total. The van der Waals surface area contributed by atoms with Crippen LogP contribution < -0.4 is 14.8 Å². The molecule has 3 heterocycles. The number of hydrogen-bond acceptors (Lipinski definition) is 5. The third-order valence-electron chi connectivity index (χ3n) is 4.12. The molecule has 0 saturated heterocycles. The summed E-state index contributed by atoms with van der Waals surface area (Å²) in [6.45, 7) is 0.640. The lowest BCUT2D eigenvalue weighted by molar-refractivity contribution is -0.116. The number of pyridine rings is 1. The van der Waals surface area contributed by atoms with Crippen molar-refractivity contribution in [3.05, 3.63) is 66.1 Å². The molecule has 0 fully saturated rings. The molecular weight excluding hydrogens is 344 g/mol. The number of rotatable bonds is 5. The van der Waals surface area contributed by atoms with Crippen LogP contribution >= 0.6 is 0 Å². The van der Waals surface area contributed by atoms with Gasteiger partial charge in [0.05, 0.1) is 11.9 Å². The van der Waals surface area contributed by atoms with Crippen molar-refractivity contribution >= 4 is 12.0 Å². The van der Waals surface area contributed by atoms with Gasteiger partial charge in [0, 0.05) is 37.6 Å². The van der Waals surface area contributed by atoms with Crippen LogP contribution in [0.25, 0.3) is 17.3 Å². The summed E-state index contributed by atoms with van der Waals surface area (Å²) in [5, 5.41) is 6.98. The Balaban J connectivity index is 1.32. The molecule has 1 aliphatic heterocycles. The summed E-state index contributed by atoms with van der Waals surface area (Å²) in [4.78, 5) is 16.4. The van der Waals surface area contributed by atoms with Crippen molar-refractivity contribution in [2.75, 3.05) is 6.79 Å². The van der Waals surface area contributed by atoms with Crippen molar-refractivity contribution in [1.82, 2.24) is 20.1 Å². The third-order valence-corrected chi connectivity index (χ3v) is 4.12. The molecule has 1 aliphatic rings. The van der Waals surface area contributed by atoms with E-state index in [0.29, 0.717) is 12.3 Å². The maximum absolute atomic E-state index is 12.0. The number of hydrogen-bond donors (Lipinski definition) is 1. The van der Waals surface area contributed by atoms with Crippen molar-refractivity contribution in [2.45, 2.75) is 6.54 Å². The second-order valence-corrected chi connectivity index (χ2v) is 6.12. The van der Waals surface area contributed by atoms with E-state index in [4.69, 9.17) is 9.47 Å². The average molecular weight is 362 g/mol. The Bertz CT molecular complexity index is 993. The highest BCUT2D eigenvalue weighted by atomic mass is 16.7. The van der Waals surface area contributed by atoms with Crippen LogP contribution in [0.2, 0.25) is 0 Å². The van der Waals surface area contributed by atoms with E-state index in [-0.39, 0.29) is 12.7 Å². The topological polar surface area (TPSA) is 78.3 Å². The summed E-state index contributed by atoms with van der Waals surface area (Å²) < 4.78 is 12.3. The Kier molecular flexibility index (Phi) is 4.57. The van der Waals surface area contributed by atoms with Crippen molar-refractivity contribution in [3.63, 3.8) is 0 Å². The molecule has 0 saturated carbocycles. The van der Waals surface area contributed by atoms with Gasteiger partial charge >= 0.3 is 0 Å². The van der Waals surface area contributed by atoms with Crippen LogP contribution in [0.3, 0.4) is 0 Å². The molecule has 27 heavy (non-hydrogen) atoms. The Morgan fingerprint density at radius 3 is 2.89 bits per heavy atom. The van der Waals surface area contributed by atoms with Gasteiger partial charge in [-0.1, -0.05) is 12.1 Å². The van der Waals surface area contributed by atoms with Crippen molar-refractivity contribution in [1.29, 1.82) is 0 Å². The second kappa shape index (κ2) is 7.33. The number of nitrogens with one attached hydrogen (secondary N) is 1. The Hall–Kier alpha value is -3.61. The van der Waals surface area contributed by atoms with E-state index in [9.17, 15) is 4.79 Å². The molecule has 0 bridgehead atoms. The molecule has 1 amide bonds. The minimum atomic E-state index is -0.177. The van der Waals surface area contributed by atoms with Gasteiger partial charge in [-0.05, 0) is 35.4 Å². The first-order valence-electron chi connectivity index (χ1n) is 8.47. The molecule has 2 aromatic heterocycles. The zero-order valence-electron chi connectivity index (χ0n) is 14.8. The smallest absolute Gasteiger partial charge is 0.244 e. The first kappa shape index (κ1) is 16.8. The largest absolute Gasteiger partial charge is 0.454 e. The second-order valence-electron chi connectivity index (χ2n) is 6.12. The fourth-order valence-corrected chi connectivity index (χ4v) is 2.69. The maximum atomic E-state index is 12.0. The number of fused-ring (bicyclic) bond motifs is 1. The summed E-state index contributed by atoms with van der Waals surface area (Å²) >= 11 is 0. The lowest BCUT2D eigenvalue weighted by atomic mass is 10.2. The molecule has 0 radical (unpaired) electrons. The minimum Gasteiger partial charge on any atom is -0.454 e. The van der Waals surface area contributed by atoms with E-state index in [1.165, 1.54) is 6.08 Å². The van der Waals surface area contributed by atoms with E-state index < -0.39 is 0 Å². The fraction of sp³-hybridized carbons (Fsp3) is 0.150. The lowest BCUT2D eigenvalue weighted by Gasteiger charge is -2.03. The first-order valence-corrected chi connectivity index (χ1v) is 8.47. The Morgan fingerprint density at radius 2 is 2.11 bits per heavy atom. The molecule has 0 atom stereocenters. The van der Waals surface area contributed by atoms with Gasteiger partial charge < -0.3 is 14.8 Å². The Labute approximate surface area is 156 Å². The number of amides is 1. The molecule has 0 aliphatic carbocycles. The van der Waals surface area contributed by atoms with E-state index in [1.54, 1.807) is 23.2 Å². The SMILES string of the molecule is Cn1cc(-c2ccc(CNC(=O)/C=C/c3ccc4c(c3)OCO4)cn2)cn1. The zero-order chi connectivity index (χ0) is 18.6. The molecule has 136 valence electrons. The summed E-state index contributed by atoms with van der Waals surface area (Å²) in [5.41, 5.74) is 3.60. The molecule has 1 aromatic carbocycles. The van der Waals surface area contributed by atoms with Gasteiger partial charge in [-0.15, -0.1) is 0 Å². The molecule has 4 rings (SSSR count). The van der Waals surface area contributed by atoms with E-state index in [2.05, 4.69) is 15.4 Å². The van der Waals surface area contributed by atoms with E-state index in [1.807, 2.05) is 43.6 Å². The normalized spacial score (nSPS) is 12.5. The standard InChI is InChI=1S/C20H18N4O3/c1-24-12-16(11-23-24)17-5-2-15(9-21-17)10-22-20(25)7-4-14-3-6-18-19(8-14)27-13-26-18/h2-9,11-12H,10,13H2,1H3,(H,22,25)/b7-4+. The molecular formula is C20H18N4O3. The maximum Gasteiger partial charge on any atom is 0.244 e. The monoisotopic (exact) mass is 362 g/mol. The highest BCUT2D eigenvalue weighted by Gasteiger charge is 2.12. The third kappa shape index (κ3) is 3.98. The highest BCUT2D eigenvalue weighted by Crippen LogP contribution is 2.32. The van der Waals surface area contributed by atoms with Gasteiger partial charge in [-0.25, -0.2) is 0 Å². The van der Waals surface area contributed by atoms with Crippen LogP contribution in [-0.2, 0) is 18.4 Å². The quantitative estimate of drug-likeness (QED) is 0.706. The first-order chi connectivity index (χ1) is 13.2. The van der Waals surface area contributed by atoms with Gasteiger partial charge in [-0.2, -0.15) is 5.10 Å². The fourth-order valence-electron chi connectivity index (χ4n) is 2.69.